The van der Waals surface area contributed by atoms with E-state index in [-0.39, 0.29) is 24.8 Å². The molecule has 2 rings (SSSR count). The predicted octanol–water partition coefficient (Wildman–Crippen LogP) is 1.59. The monoisotopic (exact) mass is 291 g/mol. The average molecular weight is 291 g/mol. The Kier molecular flexibility index (Phi) is 4.16. The Labute approximate surface area is 124 Å². The summed E-state index contributed by atoms with van der Waals surface area (Å²) in [4.78, 5) is 38.3. The maximum atomic E-state index is 12.4. The number of nitrogens with zero attached hydrogens (tertiary/aromatic N) is 3. The van der Waals surface area contributed by atoms with Crippen molar-refractivity contribution in [3.8, 4) is 0 Å². The van der Waals surface area contributed by atoms with Gasteiger partial charge in [0.05, 0.1) is 6.54 Å². The van der Waals surface area contributed by atoms with E-state index in [1.807, 2.05) is 19.9 Å². The molecule has 6 heteroatoms. The van der Waals surface area contributed by atoms with Crippen LogP contribution in [0.15, 0.2) is 6.07 Å². The molecule has 1 aliphatic heterocycles. The highest BCUT2D eigenvalue weighted by atomic mass is 16.2. The van der Waals surface area contributed by atoms with Gasteiger partial charge in [-0.2, -0.15) is 0 Å². The van der Waals surface area contributed by atoms with Crippen LogP contribution >= 0.6 is 0 Å². The molecular formula is C15H21N3O3. The van der Waals surface area contributed by atoms with E-state index in [0.717, 1.165) is 29.3 Å². The summed E-state index contributed by atoms with van der Waals surface area (Å²) in [6.07, 6.45) is 0.984. The van der Waals surface area contributed by atoms with E-state index in [0.29, 0.717) is 5.56 Å². The highest BCUT2D eigenvalue weighted by molar-refractivity contribution is 6.08. The molecule has 114 valence electrons. The zero-order valence-electron chi connectivity index (χ0n) is 13.0. The second-order valence-electron chi connectivity index (χ2n) is 5.48. The van der Waals surface area contributed by atoms with Gasteiger partial charge < -0.3 is 9.47 Å². The van der Waals surface area contributed by atoms with Gasteiger partial charge >= 0.3 is 6.03 Å². The van der Waals surface area contributed by atoms with Crippen LogP contribution in [0, 0.1) is 13.8 Å². The fourth-order valence-corrected chi connectivity index (χ4v) is 2.70. The molecule has 1 aliphatic rings. The standard InChI is InChI=1S/C15H21N3O3/c1-5-6-17-10(2)7-12(11(17)3)13(19)8-18-14(20)9-16(4)15(18)21/h7H,5-6,8-9H2,1-4H3. The molecule has 0 aliphatic carbocycles. The fourth-order valence-electron chi connectivity index (χ4n) is 2.70. The van der Waals surface area contributed by atoms with Gasteiger partial charge in [-0.05, 0) is 26.3 Å². The molecule has 0 bridgehead atoms. The lowest BCUT2D eigenvalue weighted by atomic mass is 10.1. The second-order valence-corrected chi connectivity index (χ2v) is 5.48. The Morgan fingerprint density at radius 3 is 2.48 bits per heavy atom. The van der Waals surface area contributed by atoms with Crippen LogP contribution in [0.25, 0.3) is 0 Å². The second kappa shape index (κ2) is 5.71. The van der Waals surface area contributed by atoms with E-state index in [1.165, 1.54) is 4.90 Å². The fraction of sp³-hybridized carbons (Fsp3) is 0.533. The highest BCUT2D eigenvalue weighted by Crippen LogP contribution is 2.18. The van der Waals surface area contributed by atoms with Crippen LogP contribution in [0.3, 0.4) is 0 Å². The molecule has 21 heavy (non-hydrogen) atoms. The number of imide groups is 1. The summed E-state index contributed by atoms with van der Waals surface area (Å²) in [5, 5.41) is 0. The Balaban J connectivity index is 2.20. The first-order valence-corrected chi connectivity index (χ1v) is 7.12. The number of urea groups is 1. The third kappa shape index (κ3) is 2.70. The van der Waals surface area contributed by atoms with Gasteiger partial charge in [0.1, 0.15) is 6.54 Å². The van der Waals surface area contributed by atoms with Crippen molar-refractivity contribution in [1.29, 1.82) is 0 Å². The van der Waals surface area contributed by atoms with Gasteiger partial charge in [0, 0.05) is 30.5 Å². The van der Waals surface area contributed by atoms with E-state index in [2.05, 4.69) is 11.5 Å². The third-order valence-electron chi connectivity index (χ3n) is 3.85. The van der Waals surface area contributed by atoms with Crippen LogP contribution in [-0.4, -0.2) is 52.2 Å². The molecule has 3 amide bonds. The van der Waals surface area contributed by atoms with Crippen molar-refractivity contribution in [2.75, 3.05) is 20.1 Å². The largest absolute Gasteiger partial charge is 0.348 e. The van der Waals surface area contributed by atoms with Gasteiger partial charge in [0.25, 0.3) is 5.91 Å². The van der Waals surface area contributed by atoms with Crippen molar-refractivity contribution in [3.63, 3.8) is 0 Å². The maximum Gasteiger partial charge on any atom is 0.327 e. The predicted molar refractivity (Wildman–Crippen MR) is 78.3 cm³/mol. The first-order chi connectivity index (χ1) is 9.86. The van der Waals surface area contributed by atoms with Crippen molar-refractivity contribution in [3.05, 3.63) is 23.0 Å². The van der Waals surface area contributed by atoms with Gasteiger partial charge in [-0.25, -0.2) is 4.79 Å². The van der Waals surface area contributed by atoms with Crippen LogP contribution in [0.2, 0.25) is 0 Å². The number of rotatable bonds is 5. The van der Waals surface area contributed by atoms with Crippen molar-refractivity contribution in [2.24, 2.45) is 0 Å². The van der Waals surface area contributed by atoms with Crippen LogP contribution in [0.5, 0.6) is 0 Å². The van der Waals surface area contributed by atoms with Crippen LogP contribution in [0.4, 0.5) is 4.79 Å². The molecule has 1 aromatic heterocycles. The minimum atomic E-state index is -0.407. The number of ketones is 1. The Hall–Kier alpha value is -2.11. The summed E-state index contributed by atoms with van der Waals surface area (Å²) in [7, 11) is 1.55. The van der Waals surface area contributed by atoms with Gasteiger partial charge in [-0.1, -0.05) is 6.92 Å². The Morgan fingerprint density at radius 2 is 1.95 bits per heavy atom. The lowest BCUT2D eigenvalue weighted by Crippen LogP contribution is -2.36. The van der Waals surface area contributed by atoms with Crippen LogP contribution in [-0.2, 0) is 11.3 Å². The van der Waals surface area contributed by atoms with E-state index in [9.17, 15) is 14.4 Å². The number of hydrogen-bond acceptors (Lipinski definition) is 3. The highest BCUT2D eigenvalue weighted by Gasteiger charge is 2.35. The number of aryl methyl sites for hydroxylation is 1. The van der Waals surface area contributed by atoms with Crippen molar-refractivity contribution in [1.82, 2.24) is 14.4 Å². The zero-order valence-corrected chi connectivity index (χ0v) is 13.0. The number of carbonyl (C=O) groups is 3. The molecular weight excluding hydrogens is 270 g/mol. The summed E-state index contributed by atoms with van der Waals surface area (Å²) >= 11 is 0. The first-order valence-electron chi connectivity index (χ1n) is 7.12. The molecule has 0 radical (unpaired) electrons. The third-order valence-corrected chi connectivity index (χ3v) is 3.85. The normalized spacial score (nSPS) is 15.2. The van der Waals surface area contributed by atoms with E-state index >= 15 is 0 Å². The van der Waals surface area contributed by atoms with Crippen molar-refractivity contribution >= 4 is 17.7 Å². The summed E-state index contributed by atoms with van der Waals surface area (Å²) in [6.45, 7) is 6.65. The summed E-state index contributed by atoms with van der Waals surface area (Å²) in [5.41, 5.74) is 2.51. The SMILES string of the molecule is CCCn1c(C)cc(C(=O)CN2C(=O)CN(C)C2=O)c1C. The minimum absolute atomic E-state index is 0.0426. The molecule has 0 unspecified atom stereocenters. The lowest BCUT2D eigenvalue weighted by Gasteiger charge is -2.13. The van der Waals surface area contributed by atoms with Gasteiger partial charge in [-0.3, -0.25) is 14.5 Å². The first kappa shape index (κ1) is 15.3. The Morgan fingerprint density at radius 1 is 1.29 bits per heavy atom. The summed E-state index contributed by atoms with van der Waals surface area (Å²) < 4.78 is 2.09. The van der Waals surface area contributed by atoms with Gasteiger partial charge in [0.2, 0.25) is 0 Å². The molecule has 0 spiro atoms. The minimum Gasteiger partial charge on any atom is -0.348 e. The topological polar surface area (TPSA) is 62.6 Å². The number of likely N-dealkylation sites (N-methyl/N-ethyl adjacent to an activating group) is 1. The summed E-state index contributed by atoms with van der Waals surface area (Å²) in [5.74, 6) is -0.513. The van der Waals surface area contributed by atoms with Crippen LogP contribution < -0.4 is 0 Å². The molecule has 0 N–H and O–H groups in total. The van der Waals surface area contributed by atoms with E-state index in [4.69, 9.17) is 0 Å². The number of Topliss-reactive ketones (excluding diaryl/α,β-unsaturated/α-hetero) is 1. The smallest absolute Gasteiger partial charge is 0.327 e. The molecule has 1 aromatic rings. The number of hydrogen-bond donors (Lipinski definition) is 0. The average Bonchev–Trinajstić information content (AvgIpc) is 2.83. The zero-order chi connectivity index (χ0) is 15.7. The van der Waals surface area contributed by atoms with E-state index in [1.54, 1.807) is 7.05 Å². The number of carbonyl (C=O) groups excluding carboxylic acids is 3. The van der Waals surface area contributed by atoms with Crippen molar-refractivity contribution < 1.29 is 14.4 Å². The molecule has 6 nitrogen and oxygen atoms in total. The number of amides is 3. The molecule has 0 saturated carbocycles. The lowest BCUT2D eigenvalue weighted by molar-refractivity contribution is -0.125. The summed E-state index contributed by atoms with van der Waals surface area (Å²) in [6, 6.07) is 1.43. The van der Waals surface area contributed by atoms with Crippen LogP contribution in [0.1, 0.15) is 35.1 Å². The number of aromatic nitrogens is 1. The van der Waals surface area contributed by atoms with Gasteiger partial charge in [0.15, 0.2) is 5.78 Å². The quantitative estimate of drug-likeness (QED) is 0.611. The maximum absolute atomic E-state index is 12.4. The molecule has 0 aromatic carbocycles. The molecule has 1 fully saturated rings. The Bertz CT molecular complexity index is 604. The molecule has 0 atom stereocenters. The molecule has 1 saturated heterocycles. The van der Waals surface area contributed by atoms with Crippen molar-refractivity contribution in [2.45, 2.75) is 33.7 Å². The van der Waals surface area contributed by atoms with E-state index < -0.39 is 6.03 Å². The van der Waals surface area contributed by atoms with Gasteiger partial charge in [-0.15, -0.1) is 0 Å². The molecule has 2 heterocycles.